The number of rotatable bonds is 4. The minimum Gasteiger partial charge on any atom is -0.377 e. The van der Waals surface area contributed by atoms with Crippen LogP contribution in [0.15, 0.2) is 30.6 Å². The van der Waals surface area contributed by atoms with Crippen molar-refractivity contribution in [2.24, 2.45) is 0 Å². The summed E-state index contributed by atoms with van der Waals surface area (Å²) in [7, 11) is -2.79. The van der Waals surface area contributed by atoms with Crippen LogP contribution in [0.1, 0.15) is 25.5 Å². The second kappa shape index (κ2) is 6.50. The Hall–Kier alpha value is -2.52. The van der Waals surface area contributed by atoms with Gasteiger partial charge in [-0.25, -0.2) is 19.2 Å². The van der Waals surface area contributed by atoms with Crippen molar-refractivity contribution in [3.05, 3.63) is 36.3 Å². The zero-order valence-electron chi connectivity index (χ0n) is 16.5. The van der Waals surface area contributed by atoms with E-state index in [1.165, 1.54) is 6.26 Å². The molecule has 0 amide bonds. The summed E-state index contributed by atoms with van der Waals surface area (Å²) in [6.07, 6.45) is 6.55. The topological polar surface area (TPSA) is 108 Å². The number of ether oxygens (including phenoxy) is 1. The highest BCUT2D eigenvalue weighted by molar-refractivity contribution is 7.92. The predicted octanol–water partition coefficient (Wildman–Crippen LogP) is 2.91. The Bertz CT molecular complexity index is 1180. The molecular formula is C20H24N6O2S. The molecule has 9 heteroatoms. The van der Waals surface area contributed by atoms with Gasteiger partial charge in [-0.2, -0.15) is 0 Å². The summed E-state index contributed by atoms with van der Waals surface area (Å²) >= 11 is 0. The van der Waals surface area contributed by atoms with Crippen molar-refractivity contribution in [1.29, 1.82) is 4.78 Å². The van der Waals surface area contributed by atoms with Gasteiger partial charge in [-0.3, -0.25) is 4.78 Å². The van der Waals surface area contributed by atoms with Crippen molar-refractivity contribution in [3.8, 4) is 11.4 Å². The molecule has 3 aromatic rings. The van der Waals surface area contributed by atoms with Crippen molar-refractivity contribution in [3.63, 3.8) is 0 Å². The van der Waals surface area contributed by atoms with E-state index in [1.807, 2.05) is 24.4 Å². The second-order valence-corrected chi connectivity index (χ2v) is 10.5. The number of nitrogens with one attached hydrogen (secondary N) is 2. The van der Waals surface area contributed by atoms with Gasteiger partial charge in [-0.15, -0.1) is 0 Å². The van der Waals surface area contributed by atoms with E-state index in [4.69, 9.17) is 19.5 Å². The number of hydrogen-bond acceptors (Lipinski definition) is 7. The standard InChI is InChI=1S/C20H24N6O2S/c1-13-12-28-10-9-26(13)17-11-16(20(5-6-20)29(2,21)27)24-19(25-17)15-4-8-23-18-14(15)3-7-22-18/h3-4,7-8,11,13,21H,5-6,9-10,12H2,1-2H3,(H,22,23). The second-order valence-electron chi connectivity index (χ2n) is 7.99. The number of aromatic nitrogens is 4. The third-order valence-corrected chi connectivity index (χ3v) is 8.10. The molecule has 2 aliphatic rings. The fraction of sp³-hybridized carbons (Fsp3) is 0.450. The summed E-state index contributed by atoms with van der Waals surface area (Å²) in [4.78, 5) is 19.4. The maximum atomic E-state index is 12.8. The third-order valence-electron chi connectivity index (χ3n) is 5.99. The lowest BCUT2D eigenvalue weighted by Crippen LogP contribution is -2.44. The van der Waals surface area contributed by atoms with Crippen molar-refractivity contribution >= 4 is 26.6 Å². The predicted molar refractivity (Wildman–Crippen MR) is 112 cm³/mol. The van der Waals surface area contributed by atoms with E-state index < -0.39 is 14.5 Å². The average Bonchev–Trinajstić information content (AvgIpc) is 3.39. The first kappa shape index (κ1) is 18.5. The van der Waals surface area contributed by atoms with E-state index in [9.17, 15) is 4.21 Å². The van der Waals surface area contributed by atoms with Crippen LogP contribution in [0.4, 0.5) is 5.82 Å². The first-order valence-corrected chi connectivity index (χ1v) is 11.8. The van der Waals surface area contributed by atoms with Crippen LogP contribution in [-0.4, -0.2) is 56.2 Å². The molecule has 2 N–H and O–H groups in total. The molecule has 2 atom stereocenters. The molecule has 152 valence electrons. The average molecular weight is 413 g/mol. The van der Waals surface area contributed by atoms with Crippen molar-refractivity contribution < 1.29 is 8.95 Å². The first-order chi connectivity index (χ1) is 13.9. The number of fused-ring (bicyclic) bond motifs is 1. The van der Waals surface area contributed by atoms with Gasteiger partial charge in [0.05, 0.1) is 39.4 Å². The quantitative estimate of drug-likeness (QED) is 0.682. The van der Waals surface area contributed by atoms with Crippen LogP contribution in [0.2, 0.25) is 0 Å². The monoisotopic (exact) mass is 412 g/mol. The molecule has 8 nitrogen and oxygen atoms in total. The highest BCUT2D eigenvalue weighted by atomic mass is 32.2. The van der Waals surface area contributed by atoms with Crippen molar-refractivity contribution in [1.82, 2.24) is 19.9 Å². The molecule has 2 unspecified atom stereocenters. The molecule has 1 aliphatic heterocycles. The molecule has 2 fully saturated rings. The van der Waals surface area contributed by atoms with E-state index in [0.717, 1.165) is 41.8 Å². The molecule has 0 aromatic carbocycles. The summed E-state index contributed by atoms with van der Waals surface area (Å²) in [5, 5.41) is 0.943. The number of aromatic amines is 1. The largest absolute Gasteiger partial charge is 0.377 e. The Morgan fingerprint density at radius 3 is 2.90 bits per heavy atom. The van der Waals surface area contributed by atoms with Gasteiger partial charge in [-0.1, -0.05) is 0 Å². The van der Waals surface area contributed by atoms with Crippen LogP contribution in [-0.2, 0) is 19.2 Å². The maximum Gasteiger partial charge on any atom is 0.162 e. The first-order valence-electron chi connectivity index (χ1n) is 9.79. The number of H-pyrrole nitrogens is 1. The number of morpholine rings is 1. The Balaban J connectivity index is 1.72. The van der Waals surface area contributed by atoms with Gasteiger partial charge < -0.3 is 14.6 Å². The molecule has 1 aliphatic carbocycles. The number of pyridine rings is 1. The van der Waals surface area contributed by atoms with Gasteiger partial charge in [0, 0.05) is 42.2 Å². The Morgan fingerprint density at radius 2 is 2.17 bits per heavy atom. The molecule has 1 saturated carbocycles. The van der Waals surface area contributed by atoms with Gasteiger partial charge in [0.2, 0.25) is 0 Å². The van der Waals surface area contributed by atoms with Crippen LogP contribution >= 0.6 is 0 Å². The number of hydrogen-bond donors (Lipinski definition) is 2. The third kappa shape index (κ3) is 3.00. The van der Waals surface area contributed by atoms with E-state index in [0.29, 0.717) is 24.7 Å². The Morgan fingerprint density at radius 1 is 1.34 bits per heavy atom. The molecule has 0 radical (unpaired) electrons. The lowest BCUT2D eigenvalue weighted by molar-refractivity contribution is 0.0985. The maximum absolute atomic E-state index is 12.8. The smallest absolute Gasteiger partial charge is 0.162 e. The lowest BCUT2D eigenvalue weighted by Gasteiger charge is -2.35. The van der Waals surface area contributed by atoms with Gasteiger partial charge in [0.25, 0.3) is 0 Å². The molecule has 3 aromatic heterocycles. The molecular weight excluding hydrogens is 388 g/mol. The minimum absolute atomic E-state index is 0.182. The summed E-state index contributed by atoms with van der Waals surface area (Å²) < 4.78 is 26.0. The van der Waals surface area contributed by atoms with E-state index in [-0.39, 0.29) is 6.04 Å². The van der Waals surface area contributed by atoms with Gasteiger partial charge in [0.15, 0.2) is 5.82 Å². The highest BCUT2D eigenvalue weighted by Gasteiger charge is 2.53. The van der Waals surface area contributed by atoms with E-state index >= 15 is 0 Å². The zero-order chi connectivity index (χ0) is 20.2. The summed E-state index contributed by atoms with van der Waals surface area (Å²) in [5.41, 5.74) is 2.36. The number of nitrogens with zero attached hydrogens (tertiary/aromatic N) is 4. The van der Waals surface area contributed by atoms with Crippen LogP contribution in [0.25, 0.3) is 22.4 Å². The van der Waals surface area contributed by atoms with Crippen LogP contribution in [0.5, 0.6) is 0 Å². The van der Waals surface area contributed by atoms with E-state index in [1.54, 1.807) is 6.20 Å². The van der Waals surface area contributed by atoms with Gasteiger partial charge >= 0.3 is 0 Å². The summed E-state index contributed by atoms with van der Waals surface area (Å²) in [6.45, 7) is 4.13. The molecule has 0 bridgehead atoms. The molecule has 29 heavy (non-hydrogen) atoms. The van der Waals surface area contributed by atoms with Gasteiger partial charge in [-0.05, 0) is 31.9 Å². The van der Waals surface area contributed by atoms with Crippen LogP contribution < -0.4 is 4.90 Å². The fourth-order valence-electron chi connectivity index (χ4n) is 4.12. The minimum atomic E-state index is -2.79. The molecule has 4 heterocycles. The van der Waals surface area contributed by atoms with E-state index in [2.05, 4.69) is 21.8 Å². The van der Waals surface area contributed by atoms with Crippen molar-refractivity contribution in [2.45, 2.75) is 30.6 Å². The van der Waals surface area contributed by atoms with Crippen LogP contribution in [0, 0.1) is 4.78 Å². The fourth-order valence-corrected chi connectivity index (χ4v) is 5.50. The lowest BCUT2D eigenvalue weighted by atomic mass is 10.1. The molecule has 1 saturated heterocycles. The molecule has 5 rings (SSSR count). The normalized spacial score (nSPS) is 23.1. The Labute approximate surface area is 169 Å². The van der Waals surface area contributed by atoms with Crippen molar-refractivity contribution in [2.75, 3.05) is 30.9 Å². The van der Waals surface area contributed by atoms with Crippen LogP contribution in [0.3, 0.4) is 0 Å². The summed E-state index contributed by atoms with van der Waals surface area (Å²) in [6, 6.07) is 5.99. The summed E-state index contributed by atoms with van der Waals surface area (Å²) in [5.74, 6) is 1.38. The Kier molecular flexibility index (Phi) is 4.15. The molecule has 0 spiro atoms. The number of anilines is 1. The van der Waals surface area contributed by atoms with Gasteiger partial charge in [0.1, 0.15) is 11.5 Å². The SMILES string of the molecule is CC1COCCN1c1cc(C2(S(C)(=N)=O)CC2)nc(-c2ccnc3[nH]ccc23)n1. The highest BCUT2D eigenvalue weighted by Crippen LogP contribution is 2.52. The zero-order valence-corrected chi connectivity index (χ0v) is 17.3.